The van der Waals surface area contributed by atoms with E-state index in [0.29, 0.717) is 6.04 Å². The van der Waals surface area contributed by atoms with E-state index in [-0.39, 0.29) is 6.04 Å². The molecule has 3 heteroatoms. The van der Waals surface area contributed by atoms with Crippen molar-refractivity contribution < 1.29 is 0 Å². The van der Waals surface area contributed by atoms with Crippen molar-refractivity contribution >= 4 is 5.69 Å². The summed E-state index contributed by atoms with van der Waals surface area (Å²) in [6, 6.07) is 4.88. The molecule has 88 valence electrons. The van der Waals surface area contributed by atoms with Gasteiger partial charge >= 0.3 is 0 Å². The molecule has 0 amide bonds. The lowest BCUT2D eigenvalue weighted by molar-refractivity contribution is 0.651. The van der Waals surface area contributed by atoms with E-state index < -0.39 is 0 Å². The minimum Gasteiger partial charge on any atom is -0.370 e. The molecule has 2 N–H and O–H groups in total. The summed E-state index contributed by atoms with van der Waals surface area (Å²) < 4.78 is 0. The van der Waals surface area contributed by atoms with Gasteiger partial charge in [0.2, 0.25) is 0 Å². The predicted octanol–water partition coefficient (Wildman–Crippen LogP) is 2.48. The zero-order valence-corrected chi connectivity index (χ0v) is 10.2. The standard InChI is InChI=1S/C13H21N3/c1-10(14)13-8-7-12(9-15-13)16(2)11-5-3-4-6-11/h7-11H,3-6,14H2,1-2H3/t10-/m0/s1. The van der Waals surface area contributed by atoms with Crippen LogP contribution in [0, 0.1) is 0 Å². The Morgan fingerprint density at radius 3 is 2.56 bits per heavy atom. The minimum atomic E-state index is 0.0193. The van der Waals surface area contributed by atoms with Gasteiger partial charge in [0, 0.05) is 19.1 Å². The molecule has 1 fully saturated rings. The van der Waals surface area contributed by atoms with Gasteiger partial charge in [0.1, 0.15) is 0 Å². The Balaban J connectivity index is 2.08. The Hall–Kier alpha value is -1.09. The van der Waals surface area contributed by atoms with Gasteiger partial charge in [-0.15, -0.1) is 0 Å². The first-order chi connectivity index (χ1) is 7.68. The van der Waals surface area contributed by atoms with Gasteiger partial charge in [0.05, 0.1) is 17.6 Å². The summed E-state index contributed by atoms with van der Waals surface area (Å²) in [4.78, 5) is 6.76. The Bertz CT molecular complexity index is 326. The molecule has 0 aromatic carbocycles. The van der Waals surface area contributed by atoms with Crippen molar-refractivity contribution in [2.75, 3.05) is 11.9 Å². The number of hydrogen-bond donors (Lipinski definition) is 1. The first-order valence-electron chi connectivity index (χ1n) is 6.13. The van der Waals surface area contributed by atoms with E-state index in [9.17, 15) is 0 Å². The van der Waals surface area contributed by atoms with Crippen molar-refractivity contribution in [3.8, 4) is 0 Å². The summed E-state index contributed by atoms with van der Waals surface area (Å²) in [5, 5.41) is 0. The molecule has 0 saturated heterocycles. The summed E-state index contributed by atoms with van der Waals surface area (Å²) in [5.41, 5.74) is 7.95. The van der Waals surface area contributed by atoms with Gasteiger partial charge in [0.15, 0.2) is 0 Å². The highest BCUT2D eigenvalue weighted by molar-refractivity contribution is 5.45. The first kappa shape index (κ1) is 11.4. The Kier molecular flexibility index (Phi) is 3.44. The monoisotopic (exact) mass is 219 g/mol. The zero-order valence-electron chi connectivity index (χ0n) is 10.2. The molecule has 0 aliphatic heterocycles. The van der Waals surface area contributed by atoms with Crippen LogP contribution in [0.25, 0.3) is 0 Å². The molecule has 0 radical (unpaired) electrons. The third-order valence-electron chi connectivity index (χ3n) is 3.52. The van der Waals surface area contributed by atoms with E-state index in [4.69, 9.17) is 5.73 Å². The molecule has 0 bridgehead atoms. The molecule has 1 atom stereocenters. The maximum Gasteiger partial charge on any atom is 0.0569 e. The van der Waals surface area contributed by atoms with Gasteiger partial charge in [-0.25, -0.2) is 0 Å². The van der Waals surface area contributed by atoms with Crippen molar-refractivity contribution in [2.24, 2.45) is 5.73 Å². The van der Waals surface area contributed by atoms with Crippen molar-refractivity contribution in [3.63, 3.8) is 0 Å². The van der Waals surface area contributed by atoms with Crippen LogP contribution in [0.15, 0.2) is 18.3 Å². The average molecular weight is 219 g/mol. The number of aromatic nitrogens is 1. The third kappa shape index (κ3) is 2.35. The molecule has 16 heavy (non-hydrogen) atoms. The topological polar surface area (TPSA) is 42.1 Å². The van der Waals surface area contributed by atoms with Crippen LogP contribution in [0.5, 0.6) is 0 Å². The van der Waals surface area contributed by atoms with Gasteiger partial charge in [-0.05, 0) is 31.9 Å². The molecule has 1 saturated carbocycles. The number of pyridine rings is 1. The van der Waals surface area contributed by atoms with Gasteiger partial charge in [0.25, 0.3) is 0 Å². The number of rotatable bonds is 3. The van der Waals surface area contributed by atoms with E-state index in [1.807, 2.05) is 19.2 Å². The molecule has 1 aliphatic carbocycles. The van der Waals surface area contributed by atoms with Crippen LogP contribution in [0.2, 0.25) is 0 Å². The molecule has 3 nitrogen and oxygen atoms in total. The first-order valence-corrected chi connectivity index (χ1v) is 6.13. The maximum atomic E-state index is 5.79. The van der Waals surface area contributed by atoms with Crippen LogP contribution >= 0.6 is 0 Å². The van der Waals surface area contributed by atoms with Gasteiger partial charge in [-0.2, -0.15) is 0 Å². The molecule has 2 rings (SSSR count). The molecule has 0 unspecified atom stereocenters. The number of anilines is 1. The molecule has 1 aromatic rings. The van der Waals surface area contributed by atoms with E-state index >= 15 is 0 Å². The lowest BCUT2D eigenvalue weighted by Gasteiger charge is -2.26. The van der Waals surface area contributed by atoms with E-state index in [2.05, 4.69) is 23.0 Å². The fraction of sp³-hybridized carbons (Fsp3) is 0.615. The SMILES string of the molecule is C[C@H](N)c1ccc(N(C)C2CCCC2)cn1. The van der Waals surface area contributed by atoms with Crippen molar-refractivity contribution in [2.45, 2.75) is 44.7 Å². The van der Waals surface area contributed by atoms with Crippen LogP contribution in [0.3, 0.4) is 0 Å². The minimum absolute atomic E-state index is 0.0193. The van der Waals surface area contributed by atoms with Crippen LogP contribution in [-0.2, 0) is 0 Å². The quantitative estimate of drug-likeness (QED) is 0.849. The highest BCUT2D eigenvalue weighted by Gasteiger charge is 2.19. The largest absolute Gasteiger partial charge is 0.370 e. The normalized spacial score (nSPS) is 18.7. The van der Waals surface area contributed by atoms with Crippen molar-refractivity contribution in [1.29, 1.82) is 0 Å². The summed E-state index contributed by atoms with van der Waals surface area (Å²) >= 11 is 0. The Morgan fingerprint density at radius 1 is 1.38 bits per heavy atom. The lowest BCUT2D eigenvalue weighted by atomic mass is 10.2. The Labute approximate surface area is 97.7 Å². The number of nitrogens with two attached hydrogens (primary N) is 1. The van der Waals surface area contributed by atoms with E-state index in [0.717, 1.165) is 5.69 Å². The molecule has 1 heterocycles. The second-order valence-electron chi connectivity index (χ2n) is 4.78. The van der Waals surface area contributed by atoms with Gasteiger partial charge < -0.3 is 10.6 Å². The highest BCUT2D eigenvalue weighted by Crippen LogP contribution is 2.26. The third-order valence-corrected chi connectivity index (χ3v) is 3.52. The Morgan fingerprint density at radius 2 is 2.06 bits per heavy atom. The molecule has 0 spiro atoms. The number of nitrogens with zero attached hydrogens (tertiary/aromatic N) is 2. The van der Waals surface area contributed by atoms with Crippen LogP contribution in [0.1, 0.15) is 44.3 Å². The second-order valence-corrected chi connectivity index (χ2v) is 4.78. The molecular weight excluding hydrogens is 198 g/mol. The number of hydrogen-bond acceptors (Lipinski definition) is 3. The predicted molar refractivity (Wildman–Crippen MR) is 67.5 cm³/mol. The van der Waals surface area contributed by atoms with Crippen LogP contribution in [-0.4, -0.2) is 18.1 Å². The van der Waals surface area contributed by atoms with Crippen LogP contribution in [0.4, 0.5) is 5.69 Å². The molecule has 1 aliphatic rings. The average Bonchev–Trinajstić information content (AvgIpc) is 2.81. The summed E-state index contributed by atoms with van der Waals surface area (Å²) in [6.07, 6.45) is 7.29. The fourth-order valence-electron chi connectivity index (χ4n) is 2.38. The summed E-state index contributed by atoms with van der Waals surface area (Å²) in [5.74, 6) is 0. The molecular formula is C13H21N3. The van der Waals surface area contributed by atoms with Crippen LogP contribution < -0.4 is 10.6 Å². The summed E-state index contributed by atoms with van der Waals surface area (Å²) in [6.45, 7) is 1.96. The second kappa shape index (κ2) is 4.83. The van der Waals surface area contributed by atoms with E-state index in [1.165, 1.54) is 31.4 Å². The van der Waals surface area contributed by atoms with Crippen molar-refractivity contribution in [3.05, 3.63) is 24.0 Å². The lowest BCUT2D eigenvalue weighted by Crippen LogP contribution is -2.28. The fourth-order valence-corrected chi connectivity index (χ4v) is 2.38. The summed E-state index contributed by atoms with van der Waals surface area (Å²) in [7, 11) is 2.17. The zero-order chi connectivity index (χ0) is 11.5. The molecule has 1 aromatic heterocycles. The highest BCUT2D eigenvalue weighted by atomic mass is 15.1. The van der Waals surface area contributed by atoms with Gasteiger partial charge in [-0.3, -0.25) is 4.98 Å². The van der Waals surface area contributed by atoms with E-state index in [1.54, 1.807) is 0 Å². The van der Waals surface area contributed by atoms with Gasteiger partial charge in [-0.1, -0.05) is 12.8 Å². The smallest absolute Gasteiger partial charge is 0.0569 e. The van der Waals surface area contributed by atoms with Crippen molar-refractivity contribution in [1.82, 2.24) is 4.98 Å². The maximum absolute atomic E-state index is 5.79.